The van der Waals surface area contributed by atoms with Crippen LogP contribution in [-0.2, 0) is 23.8 Å². The van der Waals surface area contributed by atoms with Crippen LogP contribution in [0.3, 0.4) is 0 Å². The van der Waals surface area contributed by atoms with Crippen molar-refractivity contribution in [3.8, 4) is 0 Å². The van der Waals surface area contributed by atoms with E-state index < -0.39 is 48.8 Å². The SMILES string of the molecule is C[C@@H]1C(=O)O[C@H]2[C@H]1CC[C@]1(C)[C@@H]2[C@H](C)C(=O)C[C@H]1O[C@@H]1O[C@H](CO)[C@@H](O)[C@H](O)[C@H]1O. The number of carbonyl (C=O) groups is 2. The lowest BCUT2D eigenvalue weighted by Gasteiger charge is -2.56. The number of ketones is 1. The van der Waals surface area contributed by atoms with Gasteiger partial charge in [0.2, 0.25) is 0 Å². The second-order valence-corrected chi connectivity index (χ2v) is 9.71. The van der Waals surface area contributed by atoms with Crippen molar-refractivity contribution in [2.75, 3.05) is 6.61 Å². The molecule has 2 saturated carbocycles. The Hall–Kier alpha value is -1.10. The van der Waals surface area contributed by atoms with Gasteiger partial charge in [-0.25, -0.2) is 0 Å². The van der Waals surface area contributed by atoms with Crippen molar-refractivity contribution in [2.24, 2.45) is 29.1 Å². The molecule has 0 amide bonds. The molecule has 2 aliphatic carbocycles. The van der Waals surface area contributed by atoms with Crippen LogP contribution in [0.5, 0.6) is 0 Å². The van der Waals surface area contributed by atoms with Crippen LogP contribution in [0.1, 0.15) is 40.0 Å². The fraction of sp³-hybridized carbons (Fsp3) is 0.905. The van der Waals surface area contributed by atoms with Gasteiger partial charge in [-0.15, -0.1) is 0 Å². The van der Waals surface area contributed by atoms with E-state index in [2.05, 4.69) is 0 Å². The molecule has 0 bridgehead atoms. The number of carbonyl (C=O) groups excluding carboxylic acids is 2. The Morgan fingerprint density at radius 3 is 2.47 bits per heavy atom. The monoisotopic (exact) mass is 428 g/mol. The molecule has 9 nitrogen and oxygen atoms in total. The number of aliphatic hydroxyl groups is 4. The van der Waals surface area contributed by atoms with Crippen molar-refractivity contribution < 1.29 is 44.2 Å². The van der Waals surface area contributed by atoms with Crippen LogP contribution in [0.15, 0.2) is 0 Å². The zero-order valence-corrected chi connectivity index (χ0v) is 17.5. The number of hydrogen-bond acceptors (Lipinski definition) is 9. The largest absolute Gasteiger partial charge is 0.461 e. The third-order valence-corrected chi connectivity index (χ3v) is 8.14. The topological polar surface area (TPSA) is 143 Å². The van der Waals surface area contributed by atoms with Gasteiger partial charge in [-0.1, -0.05) is 20.8 Å². The molecule has 0 spiro atoms. The van der Waals surface area contributed by atoms with Gasteiger partial charge in [0.15, 0.2) is 6.29 Å². The van der Waals surface area contributed by atoms with Gasteiger partial charge < -0.3 is 34.6 Å². The highest BCUT2D eigenvalue weighted by Gasteiger charge is 2.62. The Kier molecular flexibility index (Phi) is 5.74. The van der Waals surface area contributed by atoms with E-state index in [9.17, 15) is 30.0 Å². The summed E-state index contributed by atoms with van der Waals surface area (Å²) in [4.78, 5) is 25.1. The van der Waals surface area contributed by atoms with E-state index in [-0.39, 0.29) is 47.9 Å². The van der Waals surface area contributed by atoms with Gasteiger partial charge >= 0.3 is 5.97 Å². The van der Waals surface area contributed by atoms with E-state index in [1.807, 2.05) is 20.8 Å². The van der Waals surface area contributed by atoms with Crippen LogP contribution >= 0.6 is 0 Å². The highest BCUT2D eigenvalue weighted by molar-refractivity contribution is 5.83. The third kappa shape index (κ3) is 3.22. The molecule has 4 N–H and O–H groups in total. The van der Waals surface area contributed by atoms with Crippen LogP contribution in [0, 0.1) is 29.1 Å². The van der Waals surface area contributed by atoms with Crippen molar-refractivity contribution >= 4 is 11.8 Å². The molecular weight excluding hydrogens is 396 g/mol. The minimum atomic E-state index is -1.55. The van der Waals surface area contributed by atoms with Crippen LogP contribution in [0.25, 0.3) is 0 Å². The van der Waals surface area contributed by atoms with Gasteiger partial charge in [0.25, 0.3) is 0 Å². The molecule has 12 atom stereocenters. The third-order valence-electron chi connectivity index (χ3n) is 8.14. The molecule has 170 valence electrons. The Balaban J connectivity index is 1.60. The van der Waals surface area contributed by atoms with Crippen molar-refractivity contribution in [1.82, 2.24) is 0 Å². The first-order valence-corrected chi connectivity index (χ1v) is 10.8. The van der Waals surface area contributed by atoms with E-state index in [0.717, 1.165) is 12.8 Å². The molecule has 2 heterocycles. The lowest BCUT2D eigenvalue weighted by molar-refractivity contribution is -0.326. The summed E-state index contributed by atoms with van der Waals surface area (Å²) in [6.45, 7) is 5.20. The maximum Gasteiger partial charge on any atom is 0.309 e. The molecular formula is C21H32O9. The molecule has 0 aromatic rings. The zero-order chi connectivity index (χ0) is 22.0. The number of Topliss-reactive ketones (excluding diaryl/α,β-unsaturated/α-hetero) is 1. The summed E-state index contributed by atoms with van der Waals surface area (Å²) in [6.07, 6.45) is -6.31. The van der Waals surface area contributed by atoms with E-state index in [0.29, 0.717) is 0 Å². The van der Waals surface area contributed by atoms with Gasteiger partial charge in [0.05, 0.1) is 18.6 Å². The lowest BCUT2D eigenvalue weighted by Crippen LogP contribution is -2.63. The smallest absolute Gasteiger partial charge is 0.309 e. The lowest BCUT2D eigenvalue weighted by atomic mass is 9.52. The summed E-state index contributed by atoms with van der Waals surface area (Å²) < 4.78 is 17.3. The molecule has 2 aliphatic heterocycles. The fourth-order valence-corrected chi connectivity index (χ4v) is 6.14. The summed E-state index contributed by atoms with van der Waals surface area (Å²) in [6, 6.07) is 0. The average molecular weight is 428 g/mol. The molecule has 0 unspecified atom stereocenters. The van der Waals surface area contributed by atoms with Crippen molar-refractivity contribution in [1.29, 1.82) is 0 Å². The Labute approximate surface area is 175 Å². The quantitative estimate of drug-likeness (QED) is 0.432. The first-order valence-electron chi connectivity index (χ1n) is 10.8. The van der Waals surface area contributed by atoms with Gasteiger partial charge in [-0.2, -0.15) is 0 Å². The Morgan fingerprint density at radius 2 is 1.80 bits per heavy atom. The van der Waals surface area contributed by atoms with Crippen LogP contribution < -0.4 is 0 Å². The van der Waals surface area contributed by atoms with Gasteiger partial charge in [0.1, 0.15) is 36.3 Å². The summed E-state index contributed by atoms with van der Waals surface area (Å²) in [5.41, 5.74) is -0.502. The number of hydrogen-bond donors (Lipinski definition) is 4. The average Bonchev–Trinajstić information content (AvgIpc) is 2.99. The first-order chi connectivity index (χ1) is 14.1. The zero-order valence-electron chi connectivity index (χ0n) is 17.5. The second kappa shape index (κ2) is 7.79. The van der Waals surface area contributed by atoms with E-state index in [1.54, 1.807) is 0 Å². The van der Waals surface area contributed by atoms with Crippen LogP contribution in [0.2, 0.25) is 0 Å². The van der Waals surface area contributed by atoms with Crippen molar-refractivity contribution in [3.63, 3.8) is 0 Å². The molecule has 4 fully saturated rings. The van der Waals surface area contributed by atoms with Gasteiger partial charge in [-0.05, 0) is 12.8 Å². The minimum Gasteiger partial charge on any atom is -0.461 e. The summed E-state index contributed by atoms with van der Waals surface area (Å²) in [7, 11) is 0. The number of ether oxygens (including phenoxy) is 3. The van der Waals surface area contributed by atoms with Crippen molar-refractivity contribution in [2.45, 2.75) is 82.9 Å². The van der Waals surface area contributed by atoms with E-state index >= 15 is 0 Å². The van der Waals surface area contributed by atoms with E-state index in [4.69, 9.17) is 14.2 Å². The normalized spacial score (nSPS) is 53.8. The number of aliphatic hydroxyl groups excluding tert-OH is 4. The maximum absolute atomic E-state index is 12.9. The molecule has 0 radical (unpaired) electrons. The minimum absolute atomic E-state index is 0.0108. The number of rotatable bonds is 3. The first kappa shape index (κ1) is 22.1. The predicted octanol–water partition coefficient (Wildman–Crippen LogP) is -0.626. The molecule has 30 heavy (non-hydrogen) atoms. The maximum atomic E-state index is 12.9. The molecule has 0 aromatic heterocycles. The van der Waals surface area contributed by atoms with Gasteiger partial charge in [0, 0.05) is 29.6 Å². The van der Waals surface area contributed by atoms with E-state index in [1.165, 1.54) is 0 Å². The summed E-state index contributed by atoms with van der Waals surface area (Å²) in [5.74, 6) is -0.892. The van der Waals surface area contributed by atoms with Crippen LogP contribution in [-0.4, -0.2) is 81.7 Å². The summed E-state index contributed by atoms with van der Waals surface area (Å²) >= 11 is 0. The molecule has 4 rings (SSSR count). The Bertz CT molecular complexity index is 696. The molecule has 9 heteroatoms. The molecule has 2 saturated heterocycles. The van der Waals surface area contributed by atoms with Gasteiger partial charge in [-0.3, -0.25) is 9.59 Å². The molecule has 0 aromatic carbocycles. The number of esters is 1. The standard InChI is InChI=1S/C21H32O9/c1-8-10-4-5-21(3)13(6-11(23)9(2)14(21)18(10)30-19(8)27)29-20-17(26)16(25)15(24)12(7-22)28-20/h8-10,12-18,20,22,24-26H,4-7H2,1-3H3/t8-,9+,10-,12+,13+,14+,15+,16-,17+,18-,20-,21-/m0/s1. The fourth-order valence-electron chi connectivity index (χ4n) is 6.14. The highest BCUT2D eigenvalue weighted by Crippen LogP contribution is 2.58. The summed E-state index contributed by atoms with van der Waals surface area (Å²) in [5, 5.41) is 39.9. The van der Waals surface area contributed by atoms with Crippen LogP contribution in [0.4, 0.5) is 0 Å². The van der Waals surface area contributed by atoms with Crippen molar-refractivity contribution in [3.05, 3.63) is 0 Å². The highest BCUT2D eigenvalue weighted by atomic mass is 16.7. The Morgan fingerprint density at radius 1 is 1.10 bits per heavy atom. The number of fused-ring (bicyclic) bond motifs is 3. The molecule has 4 aliphatic rings. The second-order valence-electron chi connectivity index (χ2n) is 9.71. The predicted molar refractivity (Wildman–Crippen MR) is 101 cm³/mol.